The number of carbonyl (C=O) groups is 2. The first-order valence-electron chi connectivity index (χ1n) is 7.37. The van der Waals surface area contributed by atoms with E-state index in [1.807, 2.05) is 17.5 Å². The highest BCUT2D eigenvalue weighted by Crippen LogP contribution is 2.12. The monoisotopic (exact) mass is 334 g/mol. The minimum Gasteiger partial charge on any atom is -0.369 e. The normalized spacial score (nSPS) is 11.9. The molecule has 3 N–H and O–H groups in total. The molecule has 4 nitrogen and oxygen atoms in total. The van der Waals surface area contributed by atoms with Crippen molar-refractivity contribution < 1.29 is 14.0 Å². The van der Waals surface area contributed by atoms with Crippen molar-refractivity contribution in [2.75, 3.05) is 6.54 Å². The summed E-state index contributed by atoms with van der Waals surface area (Å²) in [5, 5.41) is 4.72. The molecule has 1 atom stereocenters. The van der Waals surface area contributed by atoms with E-state index in [0.717, 1.165) is 10.4 Å². The third-order valence-electron chi connectivity index (χ3n) is 3.52. The lowest BCUT2D eigenvalue weighted by Crippen LogP contribution is -2.37. The maximum absolute atomic E-state index is 12.9. The van der Waals surface area contributed by atoms with Crippen LogP contribution in [0.2, 0.25) is 0 Å². The molecule has 2 rings (SSSR count). The summed E-state index contributed by atoms with van der Waals surface area (Å²) in [6.45, 7) is 0.190. The van der Waals surface area contributed by atoms with E-state index in [9.17, 15) is 14.0 Å². The van der Waals surface area contributed by atoms with Crippen LogP contribution in [-0.4, -0.2) is 18.4 Å². The molecule has 0 saturated carbocycles. The van der Waals surface area contributed by atoms with Crippen molar-refractivity contribution in [3.05, 3.63) is 58.0 Å². The van der Waals surface area contributed by atoms with E-state index in [1.165, 1.54) is 12.1 Å². The number of halogens is 1. The van der Waals surface area contributed by atoms with Crippen molar-refractivity contribution in [1.29, 1.82) is 0 Å². The second kappa shape index (κ2) is 8.43. The van der Waals surface area contributed by atoms with Crippen molar-refractivity contribution in [2.45, 2.75) is 19.3 Å². The van der Waals surface area contributed by atoms with Crippen molar-refractivity contribution in [3.8, 4) is 0 Å². The van der Waals surface area contributed by atoms with Crippen LogP contribution in [0.5, 0.6) is 0 Å². The summed E-state index contributed by atoms with van der Waals surface area (Å²) in [5.74, 6) is -1.42. The molecule has 2 amide bonds. The fraction of sp³-hybridized carbons (Fsp3) is 0.294. The Morgan fingerprint density at radius 3 is 2.57 bits per heavy atom. The molecule has 0 aliphatic rings. The predicted octanol–water partition coefficient (Wildman–Crippen LogP) is 2.28. The predicted molar refractivity (Wildman–Crippen MR) is 88.4 cm³/mol. The van der Waals surface area contributed by atoms with Crippen LogP contribution in [0.1, 0.15) is 16.9 Å². The highest BCUT2D eigenvalue weighted by molar-refractivity contribution is 7.09. The van der Waals surface area contributed by atoms with E-state index >= 15 is 0 Å². The Kier molecular flexibility index (Phi) is 6.29. The number of hydrogen-bond acceptors (Lipinski definition) is 3. The molecule has 6 heteroatoms. The van der Waals surface area contributed by atoms with Gasteiger partial charge >= 0.3 is 0 Å². The standard InChI is InChI=1S/C17H19FN2O2S/c18-14-5-3-12(4-6-14)10-13(17(19)22)11-20-16(21)8-7-15-2-1-9-23-15/h1-6,9,13H,7-8,10-11H2,(H2,19,22)(H,20,21). The number of thiophene rings is 1. The fourth-order valence-corrected chi connectivity index (χ4v) is 2.90. The molecule has 0 saturated heterocycles. The number of benzene rings is 1. The van der Waals surface area contributed by atoms with Gasteiger partial charge in [-0.2, -0.15) is 0 Å². The average Bonchev–Trinajstić information content (AvgIpc) is 3.04. The van der Waals surface area contributed by atoms with Crippen LogP contribution < -0.4 is 11.1 Å². The fourth-order valence-electron chi connectivity index (χ4n) is 2.20. The topological polar surface area (TPSA) is 72.2 Å². The highest BCUT2D eigenvalue weighted by atomic mass is 32.1. The van der Waals surface area contributed by atoms with Crippen LogP contribution in [0.15, 0.2) is 41.8 Å². The molecular weight excluding hydrogens is 315 g/mol. The van der Waals surface area contributed by atoms with Gasteiger partial charge in [-0.1, -0.05) is 18.2 Å². The van der Waals surface area contributed by atoms with Crippen molar-refractivity contribution in [3.63, 3.8) is 0 Å². The Balaban J connectivity index is 1.80. The maximum atomic E-state index is 12.9. The molecule has 0 spiro atoms. The second-order valence-electron chi connectivity index (χ2n) is 5.31. The molecule has 0 aliphatic heterocycles. The first-order valence-corrected chi connectivity index (χ1v) is 8.25. The van der Waals surface area contributed by atoms with Gasteiger partial charge in [0.05, 0.1) is 5.92 Å². The highest BCUT2D eigenvalue weighted by Gasteiger charge is 2.17. The number of amides is 2. The minimum absolute atomic E-state index is 0.108. The first kappa shape index (κ1) is 17.1. The summed E-state index contributed by atoms with van der Waals surface area (Å²) in [4.78, 5) is 24.5. The molecule has 23 heavy (non-hydrogen) atoms. The van der Waals surface area contributed by atoms with Crippen LogP contribution in [0.25, 0.3) is 0 Å². The Labute approximate surface area is 138 Å². The molecule has 0 bridgehead atoms. The van der Waals surface area contributed by atoms with E-state index in [1.54, 1.807) is 23.5 Å². The Morgan fingerprint density at radius 1 is 1.22 bits per heavy atom. The number of rotatable bonds is 8. The van der Waals surface area contributed by atoms with Gasteiger partial charge in [-0.25, -0.2) is 4.39 Å². The van der Waals surface area contributed by atoms with Gasteiger partial charge in [0.15, 0.2) is 0 Å². The van der Waals surface area contributed by atoms with Crippen molar-refractivity contribution in [1.82, 2.24) is 5.32 Å². The van der Waals surface area contributed by atoms with Crippen LogP contribution in [-0.2, 0) is 22.4 Å². The molecule has 2 aromatic rings. The van der Waals surface area contributed by atoms with Gasteiger partial charge in [-0.3, -0.25) is 9.59 Å². The van der Waals surface area contributed by atoms with E-state index in [2.05, 4.69) is 5.32 Å². The second-order valence-corrected chi connectivity index (χ2v) is 6.35. The quantitative estimate of drug-likeness (QED) is 0.777. The Bertz CT molecular complexity index is 641. The van der Waals surface area contributed by atoms with Crippen molar-refractivity contribution in [2.24, 2.45) is 11.7 Å². The van der Waals surface area contributed by atoms with Gasteiger partial charge in [0, 0.05) is 17.8 Å². The van der Waals surface area contributed by atoms with E-state index in [4.69, 9.17) is 5.73 Å². The zero-order chi connectivity index (χ0) is 16.7. The van der Waals surface area contributed by atoms with Crippen LogP contribution >= 0.6 is 11.3 Å². The van der Waals surface area contributed by atoms with Gasteiger partial charge in [0.2, 0.25) is 11.8 Å². The third-order valence-corrected chi connectivity index (χ3v) is 4.46. The van der Waals surface area contributed by atoms with Crippen LogP contribution in [0, 0.1) is 11.7 Å². The molecule has 1 aromatic carbocycles. The molecule has 0 radical (unpaired) electrons. The van der Waals surface area contributed by atoms with Gasteiger partial charge in [-0.05, 0) is 42.0 Å². The maximum Gasteiger partial charge on any atom is 0.222 e. The third kappa shape index (κ3) is 5.83. The molecular formula is C17H19FN2O2S. The average molecular weight is 334 g/mol. The summed E-state index contributed by atoms with van der Waals surface area (Å²) >= 11 is 1.61. The number of aryl methyl sites for hydroxylation is 1. The Hall–Kier alpha value is -2.21. The molecule has 0 aliphatic carbocycles. The first-order chi connectivity index (χ1) is 11.0. The van der Waals surface area contributed by atoms with E-state index < -0.39 is 11.8 Å². The number of nitrogens with one attached hydrogen (secondary N) is 1. The summed E-state index contributed by atoms with van der Waals surface area (Å²) in [6.07, 6.45) is 1.44. The van der Waals surface area contributed by atoms with Crippen LogP contribution in [0.4, 0.5) is 4.39 Å². The summed E-state index contributed by atoms with van der Waals surface area (Å²) in [5.41, 5.74) is 6.20. The number of nitrogens with two attached hydrogens (primary N) is 1. The van der Waals surface area contributed by atoms with E-state index in [-0.39, 0.29) is 18.3 Å². The SMILES string of the molecule is NC(=O)C(CNC(=O)CCc1cccs1)Cc1ccc(F)cc1. The van der Waals surface area contributed by atoms with Crippen LogP contribution in [0.3, 0.4) is 0 Å². The lowest BCUT2D eigenvalue weighted by Gasteiger charge is -2.14. The molecule has 0 fully saturated rings. The van der Waals surface area contributed by atoms with Gasteiger partial charge in [-0.15, -0.1) is 11.3 Å². The molecule has 122 valence electrons. The summed E-state index contributed by atoms with van der Waals surface area (Å²) in [6, 6.07) is 9.84. The largest absolute Gasteiger partial charge is 0.369 e. The van der Waals surface area contributed by atoms with Gasteiger partial charge in [0.25, 0.3) is 0 Å². The van der Waals surface area contributed by atoms with Gasteiger partial charge < -0.3 is 11.1 Å². The summed E-state index contributed by atoms with van der Waals surface area (Å²) in [7, 11) is 0. The molecule has 1 unspecified atom stereocenters. The minimum atomic E-state index is -0.508. The smallest absolute Gasteiger partial charge is 0.222 e. The van der Waals surface area contributed by atoms with Gasteiger partial charge in [0.1, 0.15) is 5.82 Å². The number of primary amides is 1. The molecule has 1 aromatic heterocycles. The number of hydrogen-bond donors (Lipinski definition) is 2. The zero-order valence-corrected chi connectivity index (χ0v) is 13.4. The van der Waals surface area contributed by atoms with E-state index in [0.29, 0.717) is 19.3 Å². The lowest BCUT2D eigenvalue weighted by atomic mass is 9.98. The number of carbonyl (C=O) groups excluding carboxylic acids is 2. The van der Waals surface area contributed by atoms with Crippen molar-refractivity contribution >= 4 is 23.2 Å². The lowest BCUT2D eigenvalue weighted by molar-refractivity contribution is -0.123. The Morgan fingerprint density at radius 2 is 1.96 bits per heavy atom. The zero-order valence-electron chi connectivity index (χ0n) is 12.6. The summed E-state index contributed by atoms with van der Waals surface area (Å²) < 4.78 is 12.9. The molecule has 1 heterocycles.